The Bertz CT molecular complexity index is 546. The third kappa shape index (κ3) is 2.85. The number of hydrogen-bond donors (Lipinski definition) is 0. The van der Waals surface area contributed by atoms with Crippen molar-refractivity contribution in [3.8, 4) is 0 Å². The van der Waals surface area contributed by atoms with Gasteiger partial charge in [0, 0.05) is 57.5 Å². The Labute approximate surface area is 117 Å². The molecule has 0 atom stereocenters. The SMILES string of the molecule is O=C(N1CCN(Cc2ccncc2)CC1)n1ccnc1. The van der Waals surface area contributed by atoms with E-state index in [1.807, 2.05) is 29.4 Å². The van der Waals surface area contributed by atoms with Gasteiger partial charge in [-0.1, -0.05) is 0 Å². The summed E-state index contributed by atoms with van der Waals surface area (Å²) in [5.41, 5.74) is 1.26. The van der Waals surface area contributed by atoms with Gasteiger partial charge in [-0.15, -0.1) is 0 Å². The van der Waals surface area contributed by atoms with Gasteiger partial charge in [-0.25, -0.2) is 9.78 Å². The number of hydrogen-bond acceptors (Lipinski definition) is 4. The summed E-state index contributed by atoms with van der Waals surface area (Å²) in [5, 5.41) is 0. The average molecular weight is 271 g/mol. The van der Waals surface area contributed by atoms with E-state index in [2.05, 4.69) is 14.9 Å². The number of pyridine rings is 1. The molecule has 1 aliphatic heterocycles. The van der Waals surface area contributed by atoms with Crippen molar-refractivity contribution in [3.05, 3.63) is 48.8 Å². The molecule has 6 heteroatoms. The molecule has 2 aromatic rings. The highest BCUT2D eigenvalue weighted by Gasteiger charge is 2.21. The largest absolute Gasteiger partial charge is 0.329 e. The molecule has 0 saturated carbocycles. The van der Waals surface area contributed by atoms with Gasteiger partial charge in [-0.3, -0.25) is 14.5 Å². The smallest absolute Gasteiger partial charge is 0.321 e. The van der Waals surface area contributed by atoms with Crippen LogP contribution in [-0.4, -0.2) is 56.5 Å². The van der Waals surface area contributed by atoms with Crippen molar-refractivity contribution >= 4 is 6.03 Å². The second-order valence-corrected chi connectivity index (χ2v) is 4.87. The summed E-state index contributed by atoms with van der Waals surface area (Å²) < 4.78 is 1.53. The Hall–Kier alpha value is -2.21. The topological polar surface area (TPSA) is 54.3 Å². The van der Waals surface area contributed by atoms with Crippen LogP contribution in [0.2, 0.25) is 0 Å². The van der Waals surface area contributed by atoms with Crippen LogP contribution in [0.5, 0.6) is 0 Å². The first-order valence-electron chi connectivity index (χ1n) is 6.71. The molecule has 1 fully saturated rings. The standard InChI is InChI=1S/C14H17N5O/c20-14(19-6-5-16-12-19)18-9-7-17(8-10-18)11-13-1-3-15-4-2-13/h1-6,12H,7-11H2. The van der Waals surface area contributed by atoms with Crippen molar-refractivity contribution in [2.75, 3.05) is 26.2 Å². The predicted octanol–water partition coefficient (Wildman–Crippen LogP) is 1.06. The molecule has 3 heterocycles. The molecule has 104 valence electrons. The zero-order valence-corrected chi connectivity index (χ0v) is 11.2. The van der Waals surface area contributed by atoms with Crippen LogP contribution >= 0.6 is 0 Å². The molecule has 1 saturated heterocycles. The lowest BCUT2D eigenvalue weighted by Gasteiger charge is -2.34. The van der Waals surface area contributed by atoms with Crippen LogP contribution in [0.3, 0.4) is 0 Å². The van der Waals surface area contributed by atoms with Crippen molar-refractivity contribution < 1.29 is 4.79 Å². The van der Waals surface area contributed by atoms with E-state index >= 15 is 0 Å². The summed E-state index contributed by atoms with van der Waals surface area (Å²) in [6, 6.07) is 4.07. The zero-order chi connectivity index (χ0) is 13.8. The molecule has 1 amide bonds. The Morgan fingerprint density at radius 2 is 1.80 bits per heavy atom. The van der Waals surface area contributed by atoms with Gasteiger partial charge < -0.3 is 4.90 Å². The van der Waals surface area contributed by atoms with Gasteiger partial charge in [0.1, 0.15) is 6.33 Å². The maximum Gasteiger partial charge on any atom is 0.329 e. The van der Waals surface area contributed by atoms with E-state index in [0.717, 1.165) is 32.7 Å². The van der Waals surface area contributed by atoms with Crippen LogP contribution in [-0.2, 0) is 6.54 Å². The summed E-state index contributed by atoms with van der Waals surface area (Å²) in [6.07, 6.45) is 8.48. The van der Waals surface area contributed by atoms with Crippen LogP contribution in [0.4, 0.5) is 4.79 Å². The monoisotopic (exact) mass is 271 g/mol. The molecule has 6 nitrogen and oxygen atoms in total. The Kier molecular flexibility index (Phi) is 3.73. The van der Waals surface area contributed by atoms with Crippen LogP contribution in [0.1, 0.15) is 5.56 Å². The first kappa shape index (κ1) is 12.8. The molecule has 1 aliphatic rings. The minimum Gasteiger partial charge on any atom is -0.321 e. The number of aromatic nitrogens is 3. The van der Waals surface area contributed by atoms with Gasteiger partial charge in [0.25, 0.3) is 0 Å². The predicted molar refractivity (Wildman–Crippen MR) is 74.1 cm³/mol. The Morgan fingerprint density at radius 3 is 2.45 bits per heavy atom. The molecule has 0 aliphatic carbocycles. The molecule has 20 heavy (non-hydrogen) atoms. The average Bonchev–Trinajstić information content (AvgIpc) is 3.03. The number of piperazine rings is 1. The third-order valence-corrected chi connectivity index (χ3v) is 3.52. The lowest BCUT2D eigenvalue weighted by atomic mass is 10.2. The van der Waals surface area contributed by atoms with E-state index in [-0.39, 0.29) is 6.03 Å². The minimum atomic E-state index is 0.00561. The molecule has 0 spiro atoms. The molecular formula is C14H17N5O. The van der Waals surface area contributed by atoms with Gasteiger partial charge in [-0.05, 0) is 17.7 Å². The fraction of sp³-hybridized carbons (Fsp3) is 0.357. The molecule has 2 aromatic heterocycles. The van der Waals surface area contributed by atoms with E-state index in [0.29, 0.717) is 0 Å². The summed E-state index contributed by atoms with van der Waals surface area (Å²) in [7, 11) is 0. The highest BCUT2D eigenvalue weighted by atomic mass is 16.2. The minimum absolute atomic E-state index is 0.00561. The van der Waals surface area contributed by atoms with Crippen LogP contribution in [0, 0.1) is 0 Å². The summed E-state index contributed by atoms with van der Waals surface area (Å²) in [4.78, 5) is 24.3. The quantitative estimate of drug-likeness (QED) is 0.819. The first-order valence-corrected chi connectivity index (χ1v) is 6.71. The van der Waals surface area contributed by atoms with Gasteiger partial charge in [0.05, 0.1) is 0 Å². The highest BCUT2D eigenvalue weighted by Crippen LogP contribution is 2.08. The van der Waals surface area contributed by atoms with Crippen molar-refractivity contribution in [1.29, 1.82) is 0 Å². The van der Waals surface area contributed by atoms with Crippen LogP contribution in [0.15, 0.2) is 43.2 Å². The second kappa shape index (κ2) is 5.83. The highest BCUT2D eigenvalue weighted by molar-refractivity contribution is 5.76. The van der Waals surface area contributed by atoms with Gasteiger partial charge >= 0.3 is 6.03 Å². The molecule has 0 aromatic carbocycles. The first-order chi connectivity index (χ1) is 9.83. The normalized spacial score (nSPS) is 16.3. The van der Waals surface area contributed by atoms with Gasteiger partial charge in [-0.2, -0.15) is 0 Å². The molecule has 0 radical (unpaired) electrons. The lowest BCUT2D eigenvalue weighted by molar-refractivity contribution is 0.136. The van der Waals surface area contributed by atoms with Crippen molar-refractivity contribution in [1.82, 2.24) is 24.3 Å². The fourth-order valence-corrected chi connectivity index (χ4v) is 2.38. The zero-order valence-electron chi connectivity index (χ0n) is 11.2. The lowest BCUT2D eigenvalue weighted by Crippen LogP contribution is -2.49. The number of imidazole rings is 1. The molecule has 0 N–H and O–H groups in total. The van der Waals surface area contributed by atoms with E-state index in [1.165, 1.54) is 10.1 Å². The van der Waals surface area contributed by atoms with E-state index in [4.69, 9.17) is 0 Å². The van der Waals surface area contributed by atoms with Crippen LogP contribution in [0.25, 0.3) is 0 Å². The van der Waals surface area contributed by atoms with Crippen molar-refractivity contribution in [2.24, 2.45) is 0 Å². The maximum absolute atomic E-state index is 12.1. The van der Waals surface area contributed by atoms with Crippen molar-refractivity contribution in [3.63, 3.8) is 0 Å². The van der Waals surface area contributed by atoms with Crippen molar-refractivity contribution in [2.45, 2.75) is 6.54 Å². The fourth-order valence-electron chi connectivity index (χ4n) is 2.38. The van der Waals surface area contributed by atoms with E-state index in [1.54, 1.807) is 18.7 Å². The van der Waals surface area contributed by atoms with E-state index < -0.39 is 0 Å². The molecule has 3 rings (SSSR count). The Balaban J connectivity index is 1.53. The number of carbonyl (C=O) groups excluding carboxylic acids is 1. The van der Waals surface area contributed by atoms with Crippen LogP contribution < -0.4 is 0 Å². The van der Waals surface area contributed by atoms with Gasteiger partial charge in [0.15, 0.2) is 0 Å². The number of amides is 1. The third-order valence-electron chi connectivity index (χ3n) is 3.52. The summed E-state index contributed by atoms with van der Waals surface area (Å²) in [5.74, 6) is 0. The number of nitrogens with zero attached hydrogens (tertiary/aromatic N) is 5. The molecule has 0 bridgehead atoms. The van der Waals surface area contributed by atoms with E-state index in [9.17, 15) is 4.79 Å². The summed E-state index contributed by atoms with van der Waals surface area (Å²) in [6.45, 7) is 4.20. The Morgan fingerprint density at radius 1 is 1.05 bits per heavy atom. The number of carbonyl (C=O) groups is 1. The molecular weight excluding hydrogens is 254 g/mol. The number of rotatable bonds is 2. The second-order valence-electron chi connectivity index (χ2n) is 4.87. The summed E-state index contributed by atoms with van der Waals surface area (Å²) >= 11 is 0. The maximum atomic E-state index is 12.1. The molecule has 0 unspecified atom stereocenters. The van der Waals surface area contributed by atoms with Gasteiger partial charge in [0.2, 0.25) is 0 Å².